The van der Waals surface area contributed by atoms with Gasteiger partial charge in [0.15, 0.2) is 0 Å². The summed E-state index contributed by atoms with van der Waals surface area (Å²) in [5.74, 6) is 0. The Kier molecular flexibility index (Phi) is 5.04. The smallest absolute Gasteiger partial charge is 0.143 e. The highest BCUT2D eigenvalue weighted by atomic mass is 32.1. The molecule has 184 valence electrons. The Hall–Kier alpha value is -4.86. The molecule has 0 aliphatic rings. The highest BCUT2D eigenvalue weighted by molar-refractivity contribution is 7.26. The number of nitrogens with one attached hydrogen (secondary N) is 1. The minimum absolute atomic E-state index is 0.909. The molecule has 2 heterocycles. The van der Waals surface area contributed by atoms with Gasteiger partial charge >= 0.3 is 0 Å². The average molecular weight is 518 g/mol. The van der Waals surface area contributed by atoms with Crippen molar-refractivity contribution in [1.82, 2.24) is 0 Å². The van der Waals surface area contributed by atoms with Crippen molar-refractivity contribution in [2.24, 2.45) is 0 Å². The number of anilines is 2. The molecule has 0 saturated heterocycles. The molecule has 2 aromatic heterocycles. The van der Waals surface area contributed by atoms with E-state index in [0.29, 0.717) is 0 Å². The zero-order valence-electron chi connectivity index (χ0n) is 21.0. The van der Waals surface area contributed by atoms with Gasteiger partial charge in [0, 0.05) is 37.5 Å². The number of fused-ring (bicyclic) bond motifs is 6. The summed E-state index contributed by atoms with van der Waals surface area (Å²) in [6, 6.07) is 47.1. The monoisotopic (exact) mass is 517 g/mol. The molecule has 0 unspecified atom stereocenters. The van der Waals surface area contributed by atoms with Crippen LogP contribution in [0.25, 0.3) is 64.4 Å². The molecule has 0 aliphatic carbocycles. The number of rotatable bonds is 4. The van der Waals surface area contributed by atoms with E-state index < -0.39 is 0 Å². The lowest BCUT2D eigenvalue weighted by molar-refractivity contribution is 0.670. The van der Waals surface area contributed by atoms with E-state index in [4.69, 9.17) is 4.42 Å². The van der Waals surface area contributed by atoms with Crippen molar-refractivity contribution in [3.05, 3.63) is 133 Å². The number of para-hydroxylation sites is 2. The second kappa shape index (κ2) is 8.87. The quantitative estimate of drug-likeness (QED) is 0.251. The van der Waals surface area contributed by atoms with E-state index in [1.807, 2.05) is 23.5 Å². The van der Waals surface area contributed by atoms with Crippen LogP contribution in [0.2, 0.25) is 0 Å². The van der Waals surface area contributed by atoms with Crippen LogP contribution in [0.5, 0.6) is 0 Å². The van der Waals surface area contributed by atoms with Gasteiger partial charge in [-0.15, -0.1) is 11.3 Å². The summed E-state index contributed by atoms with van der Waals surface area (Å²) in [4.78, 5) is 0. The Labute approximate surface area is 229 Å². The van der Waals surface area contributed by atoms with E-state index in [2.05, 4.69) is 127 Å². The van der Waals surface area contributed by atoms with Crippen LogP contribution in [0, 0.1) is 0 Å². The molecule has 6 aromatic carbocycles. The third-order valence-electron chi connectivity index (χ3n) is 7.48. The Morgan fingerprint density at radius 3 is 2.18 bits per heavy atom. The topological polar surface area (TPSA) is 25.2 Å². The highest BCUT2D eigenvalue weighted by Gasteiger charge is 2.17. The number of hydrogen-bond donors (Lipinski definition) is 1. The summed E-state index contributed by atoms with van der Waals surface area (Å²) in [5.41, 5.74) is 8.57. The van der Waals surface area contributed by atoms with E-state index in [1.165, 1.54) is 31.3 Å². The first-order valence-electron chi connectivity index (χ1n) is 13.1. The number of benzene rings is 6. The van der Waals surface area contributed by atoms with Crippen molar-refractivity contribution in [1.29, 1.82) is 0 Å². The van der Waals surface area contributed by atoms with E-state index in [1.54, 1.807) is 0 Å². The third kappa shape index (κ3) is 3.63. The standard InChI is InChI=1S/C36H23NOS/c1-2-10-23(11-3-1)25-21-20-24(37-32-17-9-16-30-27-13-5-7-19-34(27)39-36(30)32)22-31(25)29-15-8-14-28-26-12-4-6-18-33(26)38-35(28)29/h1-22,37H. The maximum Gasteiger partial charge on any atom is 0.143 e. The van der Waals surface area contributed by atoms with Gasteiger partial charge in [-0.05, 0) is 47.0 Å². The SMILES string of the molecule is c1ccc(-c2ccc(Nc3cccc4c3sc3ccccc34)cc2-c2cccc3c2oc2ccccc23)cc1. The highest BCUT2D eigenvalue weighted by Crippen LogP contribution is 2.43. The van der Waals surface area contributed by atoms with E-state index in [9.17, 15) is 0 Å². The van der Waals surface area contributed by atoms with Crippen LogP contribution in [-0.4, -0.2) is 0 Å². The molecule has 0 radical (unpaired) electrons. The van der Waals surface area contributed by atoms with Gasteiger partial charge in [0.1, 0.15) is 11.2 Å². The molecular weight excluding hydrogens is 494 g/mol. The summed E-state index contributed by atoms with van der Waals surface area (Å²) in [6.45, 7) is 0. The predicted molar refractivity (Wildman–Crippen MR) is 167 cm³/mol. The number of hydrogen-bond acceptors (Lipinski definition) is 3. The average Bonchev–Trinajstić information content (AvgIpc) is 3.57. The van der Waals surface area contributed by atoms with Gasteiger partial charge in [0.25, 0.3) is 0 Å². The normalized spacial score (nSPS) is 11.6. The maximum atomic E-state index is 6.46. The van der Waals surface area contributed by atoms with Crippen molar-refractivity contribution < 1.29 is 4.42 Å². The minimum Gasteiger partial charge on any atom is -0.455 e. The molecule has 0 saturated carbocycles. The van der Waals surface area contributed by atoms with Crippen LogP contribution in [0.1, 0.15) is 0 Å². The third-order valence-corrected chi connectivity index (χ3v) is 8.70. The lowest BCUT2D eigenvalue weighted by Crippen LogP contribution is -1.93. The van der Waals surface area contributed by atoms with E-state index >= 15 is 0 Å². The second-order valence-corrected chi connectivity index (χ2v) is 10.9. The zero-order valence-corrected chi connectivity index (χ0v) is 21.8. The largest absolute Gasteiger partial charge is 0.455 e. The molecular formula is C36H23NOS. The first kappa shape index (κ1) is 22.2. The molecule has 0 spiro atoms. The van der Waals surface area contributed by atoms with Gasteiger partial charge in [-0.1, -0.05) is 103 Å². The van der Waals surface area contributed by atoms with Crippen LogP contribution in [0.3, 0.4) is 0 Å². The van der Waals surface area contributed by atoms with E-state index in [0.717, 1.165) is 44.4 Å². The van der Waals surface area contributed by atoms with Crippen molar-refractivity contribution in [3.63, 3.8) is 0 Å². The molecule has 0 atom stereocenters. The summed E-state index contributed by atoms with van der Waals surface area (Å²) in [6.07, 6.45) is 0. The van der Waals surface area contributed by atoms with Gasteiger partial charge in [0.05, 0.1) is 10.4 Å². The van der Waals surface area contributed by atoms with Crippen LogP contribution in [0.15, 0.2) is 138 Å². The predicted octanol–water partition coefficient (Wildman–Crippen LogP) is 11.0. The lowest BCUT2D eigenvalue weighted by Gasteiger charge is -2.15. The Balaban J connectivity index is 1.33. The first-order chi connectivity index (χ1) is 19.3. The van der Waals surface area contributed by atoms with Gasteiger partial charge in [-0.2, -0.15) is 0 Å². The summed E-state index contributed by atoms with van der Waals surface area (Å²) >= 11 is 1.83. The Bertz CT molecular complexity index is 2150. The van der Waals surface area contributed by atoms with Crippen molar-refractivity contribution >= 4 is 64.8 Å². The van der Waals surface area contributed by atoms with Gasteiger partial charge < -0.3 is 9.73 Å². The fourth-order valence-electron chi connectivity index (χ4n) is 5.67. The molecule has 0 aliphatic heterocycles. The molecule has 8 rings (SSSR count). The maximum absolute atomic E-state index is 6.46. The molecule has 0 bridgehead atoms. The molecule has 8 aromatic rings. The van der Waals surface area contributed by atoms with Crippen molar-refractivity contribution in [2.45, 2.75) is 0 Å². The fourth-order valence-corrected chi connectivity index (χ4v) is 6.85. The van der Waals surface area contributed by atoms with Crippen LogP contribution < -0.4 is 5.32 Å². The van der Waals surface area contributed by atoms with Crippen LogP contribution in [0.4, 0.5) is 11.4 Å². The van der Waals surface area contributed by atoms with Crippen LogP contribution >= 0.6 is 11.3 Å². The molecule has 39 heavy (non-hydrogen) atoms. The Morgan fingerprint density at radius 2 is 1.26 bits per heavy atom. The first-order valence-corrected chi connectivity index (χ1v) is 13.9. The van der Waals surface area contributed by atoms with E-state index in [-0.39, 0.29) is 0 Å². The zero-order chi connectivity index (χ0) is 25.8. The molecule has 3 heteroatoms. The fraction of sp³-hybridized carbons (Fsp3) is 0. The second-order valence-electron chi connectivity index (χ2n) is 9.81. The molecule has 0 fully saturated rings. The van der Waals surface area contributed by atoms with Gasteiger partial charge in [-0.25, -0.2) is 0 Å². The minimum atomic E-state index is 0.909. The number of thiophene rings is 1. The molecule has 1 N–H and O–H groups in total. The van der Waals surface area contributed by atoms with Gasteiger partial charge in [0.2, 0.25) is 0 Å². The molecule has 2 nitrogen and oxygen atoms in total. The summed E-state index contributed by atoms with van der Waals surface area (Å²) < 4.78 is 9.03. The van der Waals surface area contributed by atoms with Crippen molar-refractivity contribution in [3.8, 4) is 22.3 Å². The Morgan fingerprint density at radius 1 is 0.513 bits per heavy atom. The van der Waals surface area contributed by atoms with Gasteiger partial charge in [-0.3, -0.25) is 0 Å². The summed E-state index contributed by atoms with van der Waals surface area (Å²) in [7, 11) is 0. The number of furan rings is 1. The lowest BCUT2D eigenvalue weighted by atomic mass is 9.93. The van der Waals surface area contributed by atoms with Crippen molar-refractivity contribution in [2.75, 3.05) is 5.32 Å². The molecule has 0 amide bonds. The summed E-state index contributed by atoms with van der Waals surface area (Å²) in [5, 5.41) is 8.62. The van der Waals surface area contributed by atoms with Crippen LogP contribution in [-0.2, 0) is 0 Å².